The van der Waals surface area contributed by atoms with Crippen LogP contribution in [0.4, 0.5) is 8.78 Å². The van der Waals surface area contributed by atoms with Gasteiger partial charge < -0.3 is 4.42 Å². The van der Waals surface area contributed by atoms with Gasteiger partial charge in [0.25, 0.3) is 0 Å². The summed E-state index contributed by atoms with van der Waals surface area (Å²) >= 11 is 0. The van der Waals surface area contributed by atoms with Crippen molar-refractivity contribution < 1.29 is 13.2 Å². The monoisotopic (exact) mass is 534 g/mol. The smallest absolute Gasteiger partial charge is 0.143 e. The lowest BCUT2D eigenvalue weighted by Gasteiger charge is -2.34. The lowest BCUT2D eigenvalue weighted by molar-refractivity contribution is 0.616. The van der Waals surface area contributed by atoms with Crippen LogP contribution in [-0.4, -0.2) is 0 Å². The van der Waals surface area contributed by atoms with Crippen molar-refractivity contribution in [2.75, 3.05) is 0 Å². The number of rotatable bonds is 3. The van der Waals surface area contributed by atoms with Gasteiger partial charge in [-0.15, -0.1) is 0 Å². The Hall–Kier alpha value is -5.02. The quantitative estimate of drug-likeness (QED) is 0.220. The summed E-state index contributed by atoms with van der Waals surface area (Å²) in [6, 6.07) is 40.5. The summed E-state index contributed by atoms with van der Waals surface area (Å²) < 4.78 is 36.2. The molecular weight excluding hydrogens is 510 g/mol. The maximum Gasteiger partial charge on any atom is 0.143 e. The maximum atomic E-state index is 14.9. The summed E-state index contributed by atoms with van der Waals surface area (Å²) in [5.41, 5.74) is 9.38. The van der Waals surface area contributed by atoms with E-state index in [1.807, 2.05) is 54.6 Å². The van der Waals surface area contributed by atoms with Gasteiger partial charge in [-0.1, -0.05) is 97.1 Å². The summed E-state index contributed by atoms with van der Waals surface area (Å²) in [7, 11) is 0. The molecule has 0 saturated heterocycles. The highest BCUT2D eigenvalue weighted by Gasteiger charge is 2.46. The molecule has 0 saturated carbocycles. The van der Waals surface area contributed by atoms with E-state index in [0.29, 0.717) is 0 Å². The van der Waals surface area contributed by atoms with Crippen LogP contribution in [0.5, 0.6) is 0 Å². The van der Waals surface area contributed by atoms with E-state index in [1.165, 1.54) is 17.7 Å². The third-order valence-corrected chi connectivity index (χ3v) is 8.63. The Morgan fingerprint density at radius 3 is 1.88 bits per heavy atom. The summed E-state index contributed by atoms with van der Waals surface area (Å²) in [5.74, 6) is -0.637. The van der Waals surface area contributed by atoms with E-state index in [0.717, 1.165) is 66.4 Å². The SMILES string of the molecule is Cc1cccc2oc3c(-c4ccc(C5(c6ccccc6)c6cc(F)ccc6-c6ccc(F)cc65)cc4)cccc3c12. The van der Waals surface area contributed by atoms with E-state index in [2.05, 4.69) is 55.5 Å². The fourth-order valence-electron chi connectivity index (χ4n) is 6.90. The van der Waals surface area contributed by atoms with Gasteiger partial charge in [-0.05, 0) is 81.8 Å². The Kier molecular flexibility index (Phi) is 5.08. The third kappa shape index (κ3) is 3.32. The van der Waals surface area contributed by atoms with Crippen LogP contribution in [0.3, 0.4) is 0 Å². The standard InChI is InChI=1S/C38H24F2O/c1-23-7-5-12-35-36(23)32-11-6-10-29(37(32)41-35)24-13-15-26(16-14-24)38(25-8-3-2-4-9-25)33-21-27(39)17-19-30(33)31-20-18-28(40)22-34(31)38/h2-22H,1H3. The fraction of sp³-hybridized carbons (Fsp3) is 0.0526. The molecule has 1 heterocycles. The summed E-state index contributed by atoms with van der Waals surface area (Å²) in [4.78, 5) is 0. The zero-order valence-electron chi connectivity index (χ0n) is 22.3. The average molecular weight is 535 g/mol. The minimum Gasteiger partial charge on any atom is -0.455 e. The van der Waals surface area contributed by atoms with Crippen molar-refractivity contribution >= 4 is 21.9 Å². The first-order valence-electron chi connectivity index (χ1n) is 13.7. The zero-order valence-corrected chi connectivity index (χ0v) is 22.3. The van der Waals surface area contributed by atoms with Gasteiger partial charge in [-0.25, -0.2) is 8.78 Å². The molecule has 0 N–H and O–H groups in total. The highest BCUT2D eigenvalue weighted by molar-refractivity contribution is 6.10. The molecule has 1 nitrogen and oxygen atoms in total. The van der Waals surface area contributed by atoms with Crippen molar-refractivity contribution in [2.24, 2.45) is 0 Å². The molecule has 6 aromatic carbocycles. The number of aryl methyl sites for hydroxylation is 1. The molecule has 0 fully saturated rings. The van der Waals surface area contributed by atoms with Crippen molar-refractivity contribution in [1.29, 1.82) is 0 Å². The molecule has 196 valence electrons. The van der Waals surface area contributed by atoms with E-state index in [-0.39, 0.29) is 11.6 Å². The predicted octanol–water partition coefficient (Wildman–Crippen LogP) is 10.2. The second-order valence-corrected chi connectivity index (χ2v) is 10.8. The number of benzene rings is 6. The van der Waals surface area contributed by atoms with Crippen molar-refractivity contribution in [3.05, 3.63) is 167 Å². The molecule has 1 aliphatic carbocycles. The topological polar surface area (TPSA) is 13.1 Å². The van der Waals surface area contributed by atoms with Gasteiger partial charge in [-0.2, -0.15) is 0 Å². The van der Waals surface area contributed by atoms with Gasteiger partial charge in [0.05, 0.1) is 5.41 Å². The second kappa shape index (κ2) is 8.74. The Morgan fingerprint density at radius 2 is 1.20 bits per heavy atom. The lowest BCUT2D eigenvalue weighted by atomic mass is 9.67. The largest absolute Gasteiger partial charge is 0.455 e. The first-order chi connectivity index (χ1) is 20.1. The first-order valence-corrected chi connectivity index (χ1v) is 13.7. The van der Waals surface area contributed by atoms with Crippen LogP contribution in [0.25, 0.3) is 44.2 Å². The van der Waals surface area contributed by atoms with Crippen LogP contribution in [0.15, 0.2) is 132 Å². The van der Waals surface area contributed by atoms with Gasteiger partial charge in [0.2, 0.25) is 0 Å². The fourth-order valence-corrected chi connectivity index (χ4v) is 6.90. The first kappa shape index (κ1) is 23.8. The van der Waals surface area contributed by atoms with E-state index in [4.69, 9.17) is 4.42 Å². The Bertz CT molecular complexity index is 2070. The molecule has 41 heavy (non-hydrogen) atoms. The van der Waals surface area contributed by atoms with E-state index >= 15 is 0 Å². The van der Waals surface area contributed by atoms with Crippen LogP contribution in [-0.2, 0) is 5.41 Å². The normalized spacial score (nSPS) is 13.4. The highest BCUT2D eigenvalue weighted by Crippen LogP contribution is 2.56. The number of para-hydroxylation sites is 1. The van der Waals surface area contributed by atoms with Gasteiger partial charge in [-0.3, -0.25) is 0 Å². The molecule has 0 unspecified atom stereocenters. The molecule has 7 aromatic rings. The van der Waals surface area contributed by atoms with Crippen LogP contribution in [0.1, 0.15) is 27.8 Å². The predicted molar refractivity (Wildman–Crippen MR) is 161 cm³/mol. The third-order valence-electron chi connectivity index (χ3n) is 8.63. The highest BCUT2D eigenvalue weighted by atomic mass is 19.1. The van der Waals surface area contributed by atoms with Crippen LogP contribution >= 0.6 is 0 Å². The van der Waals surface area contributed by atoms with E-state index < -0.39 is 5.41 Å². The molecule has 0 atom stereocenters. The van der Waals surface area contributed by atoms with Crippen LogP contribution in [0.2, 0.25) is 0 Å². The van der Waals surface area contributed by atoms with Crippen LogP contribution < -0.4 is 0 Å². The van der Waals surface area contributed by atoms with Crippen molar-refractivity contribution in [3.63, 3.8) is 0 Å². The number of fused-ring (bicyclic) bond motifs is 6. The molecule has 0 radical (unpaired) electrons. The summed E-state index contributed by atoms with van der Waals surface area (Å²) in [5, 5.41) is 2.22. The Morgan fingerprint density at radius 1 is 0.561 bits per heavy atom. The molecule has 3 heteroatoms. The zero-order chi connectivity index (χ0) is 27.7. The molecule has 1 aliphatic rings. The van der Waals surface area contributed by atoms with E-state index in [9.17, 15) is 8.78 Å². The van der Waals surface area contributed by atoms with E-state index in [1.54, 1.807) is 12.1 Å². The van der Waals surface area contributed by atoms with Crippen molar-refractivity contribution in [2.45, 2.75) is 12.3 Å². The minimum absolute atomic E-state index is 0.319. The number of halogens is 2. The average Bonchev–Trinajstić information content (AvgIpc) is 3.52. The molecule has 0 bridgehead atoms. The van der Waals surface area contributed by atoms with Crippen molar-refractivity contribution in [1.82, 2.24) is 0 Å². The van der Waals surface area contributed by atoms with Gasteiger partial charge in [0.1, 0.15) is 22.8 Å². The minimum atomic E-state index is -0.878. The van der Waals surface area contributed by atoms with Gasteiger partial charge >= 0.3 is 0 Å². The number of furan rings is 1. The maximum absolute atomic E-state index is 14.9. The number of hydrogen-bond donors (Lipinski definition) is 0. The van der Waals surface area contributed by atoms with Gasteiger partial charge in [0.15, 0.2) is 0 Å². The summed E-state index contributed by atoms with van der Waals surface area (Å²) in [6.07, 6.45) is 0. The molecule has 1 aromatic heterocycles. The lowest BCUT2D eigenvalue weighted by Crippen LogP contribution is -2.28. The summed E-state index contributed by atoms with van der Waals surface area (Å²) in [6.45, 7) is 2.10. The molecule has 0 aliphatic heterocycles. The van der Waals surface area contributed by atoms with Crippen molar-refractivity contribution in [3.8, 4) is 22.3 Å². The van der Waals surface area contributed by atoms with Crippen LogP contribution in [0, 0.1) is 18.6 Å². The second-order valence-electron chi connectivity index (χ2n) is 10.8. The molecule has 8 rings (SSSR count). The molecule has 0 amide bonds. The molecular formula is C38H24F2O. The Balaban J connectivity index is 1.38. The Labute approximate surface area is 236 Å². The number of hydrogen-bond acceptors (Lipinski definition) is 1. The van der Waals surface area contributed by atoms with Gasteiger partial charge in [0, 0.05) is 16.3 Å². The molecule has 0 spiro atoms.